The standard InChI is InChI=1S/2C40H23BN2O/c1-2-10-26-22-28(18-16-24(26)8-1)42-35-19-17-25-9-3-4-11-29(25)36(35)41-37-33(23-27-20-21-44-40(27)39(37)42)32-14-7-13-31-30-12-5-6-15-34(30)43(41)38(31)32;1-2-10-26-22-27(18-16-24(26)8-1)42-35-19-17-25-9-3-4-11-28(25)37(35)41-38-33(23-36-32(40(38)42)20-21-44-36)31-14-7-13-30-29-12-5-6-15-34(29)43(41)39(30)31/h2*1-23H. The van der Waals surface area contributed by atoms with E-state index in [1.165, 1.54) is 148 Å². The quantitative estimate of drug-likeness (QED) is 0.162. The second kappa shape index (κ2) is 17.1. The number of fused-ring (bicyclic) bond motifs is 24. The summed E-state index contributed by atoms with van der Waals surface area (Å²) >= 11 is 0. The summed E-state index contributed by atoms with van der Waals surface area (Å²) in [5.41, 5.74) is 24.3. The third-order valence-electron chi connectivity index (χ3n) is 20.0. The molecule has 0 aliphatic carbocycles. The van der Waals surface area contributed by atoms with E-state index in [0.717, 1.165) is 39.0 Å². The van der Waals surface area contributed by atoms with Crippen LogP contribution >= 0.6 is 0 Å². The summed E-state index contributed by atoms with van der Waals surface area (Å²) in [5.74, 6) is 0. The first-order valence-electron chi connectivity index (χ1n) is 30.4. The first kappa shape index (κ1) is 46.9. The van der Waals surface area contributed by atoms with Gasteiger partial charge in [0.15, 0.2) is 5.58 Å². The molecule has 404 valence electrons. The zero-order valence-electron chi connectivity index (χ0n) is 47.3. The highest BCUT2D eigenvalue weighted by molar-refractivity contribution is 6.93. The molecule has 8 heterocycles. The number of aromatic nitrogens is 2. The summed E-state index contributed by atoms with van der Waals surface area (Å²) in [6.07, 6.45) is 3.68. The largest absolute Gasteiger partial charge is 0.464 e. The van der Waals surface area contributed by atoms with Crippen molar-refractivity contribution in [1.29, 1.82) is 0 Å². The van der Waals surface area contributed by atoms with Gasteiger partial charge in [-0.2, -0.15) is 0 Å². The van der Waals surface area contributed by atoms with Crippen LogP contribution < -0.4 is 31.7 Å². The molecule has 14 aromatic carbocycles. The lowest BCUT2D eigenvalue weighted by Gasteiger charge is -2.41. The fourth-order valence-corrected chi connectivity index (χ4v) is 16.5. The smallest absolute Gasteiger partial charge is 0.333 e. The molecule has 0 fully saturated rings. The number of furan rings is 2. The molecule has 4 aromatic heterocycles. The van der Waals surface area contributed by atoms with Crippen LogP contribution in [-0.2, 0) is 0 Å². The molecule has 4 aliphatic heterocycles. The van der Waals surface area contributed by atoms with Gasteiger partial charge in [0.1, 0.15) is 5.58 Å². The zero-order valence-corrected chi connectivity index (χ0v) is 47.3. The van der Waals surface area contributed by atoms with Crippen molar-refractivity contribution in [3.05, 3.63) is 279 Å². The molecule has 8 heteroatoms. The molecule has 4 aliphatic rings. The Morgan fingerprint density at radius 3 is 1.31 bits per heavy atom. The van der Waals surface area contributed by atoms with Crippen LogP contribution in [0.5, 0.6) is 0 Å². The predicted molar refractivity (Wildman–Crippen MR) is 370 cm³/mol. The average molecular weight is 1120 g/mol. The van der Waals surface area contributed by atoms with Crippen LogP contribution in [0.2, 0.25) is 0 Å². The molecule has 0 saturated heterocycles. The van der Waals surface area contributed by atoms with Crippen molar-refractivity contribution in [2.24, 2.45) is 0 Å². The molecule has 0 saturated carbocycles. The van der Waals surface area contributed by atoms with E-state index in [1.807, 2.05) is 12.5 Å². The third-order valence-corrected chi connectivity index (χ3v) is 20.0. The highest BCUT2D eigenvalue weighted by atomic mass is 16.3. The number of anilines is 6. The molecule has 0 N–H and O–H groups in total. The van der Waals surface area contributed by atoms with Crippen LogP contribution in [0.3, 0.4) is 0 Å². The van der Waals surface area contributed by atoms with Crippen LogP contribution in [0.4, 0.5) is 34.1 Å². The highest BCUT2D eigenvalue weighted by Gasteiger charge is 2.47. The molecule has 0 spiro atoms. The summed E-state index contributed by atoms with van der Waals surface area (Å²) in [6, 6.07) is 98.1. The maximum absolute atomic E-state index is 6.41. The van der Waals surface area contributed by atoms with Gasteiger partial charge in [0.05, 0.1) is 23.9 Å². The number of benzene rings is 14. The van der Waals surface area contributed by atoms with Crippen molar-refractivity contribution in [3.63, 3.8) is 0 Å². The number of para-hydroxylation sites is 4. The third kappa shape index (κ3) is 6.03. The fraction of sp³-hybridized carbons (Fsp3) is 0. The van der Waals surface area contributed by atoms with Crippen molar-refractivity contribution < 1.29 is 8.83 Å². The molecular weight excluding hydrogens is 1070 g/mol. The van der Waals surface area contributed by atoms with E-state index < -0.39 is 0 Å². The van der Waals surface area contributed by atoms with Gasteiger partial charge < -0.3 is 27.6 Å². The van der Waals surface area contributed by atoms with Gasteiger partial charge in [-0.05, 0) is 149 Å². The van der Waals surface area contributed by atoms with Gasteiger partial charge in [0.25, 0.3) is 0 Å². The Balaban J connectivity index is 0.000000120. The Morgan fingerprint density at radius 2 is 0.727 bits per heavy atom. The minimum atomic E-state index is -0.0235. The van der Waals surface area contributed by atoms with E-state index >= 15 is 0 Å². The summed E-state index contributed by atoms with van der Waals surface area (Å²) in [5, 5.41) is 17.4. The number of rotatable bonds is 2. The average Bonchev–Trinajstić information content (AvgIpc) is 1.41. The lowest BCUT2D eigenvalue weighted by atomic mass is 9.44. The lowest BCUT2D eigenvalue weighted by Crippen LogP contribution is -2.57. The van der Waals surface area contributed by atoms with Crippen molar-refractivity contribution in [2.45, 2.75) is 0 Å². The van der Waals surface area contributed by atoms with Crippen LogP contribution in [0.1, 0.15) is 0 Å². The molecule has 22 rings (SSSR count). The molecule has 0 radical (unpaired) electrons. The molecule has 18 aromatic rings. The van der Waals surface area contributed by atoms with Crippen molar-refractivity contribution in [2.75, 3.05) is 9.80 Å². The Hall–Kier alpha value is -11.5. The van der Waals surface area contributed by atoms with Gasteiger partial charge in [-0.3, -0.25) is 0 Å². The summed E-state index contributed by atoms with van der Waals surface area (Å²) in [4.78, 5) is 4.96. The van der Waals surface area contributed by atoms with Gasteiger partial charge in [-0.1, -0.05) is 194 Å². The van der Waals surface area contributed by atoms with Crippen LogP contribution in [-0.4, -0.2) is 22.7 Å². The lowest BCUT2D eigenvalue weighted by molar-refractivity contribution is 0.616. The molecule has 0 atom stereocenters. The Labute approximate surface area is 504 Å². The second-order valence-electron chi connectivity index (χ2n) is 24.2. The number of hydrogen-bond acceptors (Lipinski definition) is 4. The van der Waals surface area contributed by atoms with E-state index in [-0.39, 0.29) is 13.7 Å². The molecule has 0 amide bonds. The maximum Gasteiger partial charge on any atom is 0.333 e. The van der Waals surface area contributed by atoms with E-state index in [1.54, 1.807) is 0 Å². The molecule has 0 unspecified atom stereocenters. The first-order chi connectivity index (χ1) is 43.7. The van der Waals surface area contributed by atoms with E-state index in [0.29, 0.717) is 0 Å². The van der Waals surface area contributed by atoms with E-state index in [9.17, 15) is 0 Å². The minimum absolute atomic E-state index is 0.00518. The second-order valence-corrected chi connectivity index (χ2v) is 24.2. The summed E-state index contributed by atoms with van der Waals surface area (Å²) in [6.45, 7) is -0.0287. The fourth-order valence-electron chi connectivity index (χ4n) is 16.5. The Bertz CT molecular complexity index is 5770. The molecular formula is C80H46B2N4O2. The summed E-state index contributed by atoms with van der Waals surface area (Å²) < 4.78 is 17.9. The van der Waals surface area contributed by atoms with Crippen LogP contribution in [0.25, 0.3) is 131 Å². The van der Waals surface area contributed by atoms with Gasteiger partial charge in [-0.25, -0.2) is 0 Å². The van der Waals surface area contributed by atoms with E-state index in [2.05, 4.69) is 286 Å². The van der Waals surface area contributed by atoms with Gasteiger partial charge in [-0.15, -0.1) is 0 Å². The minimum Gasteiger partial charge on any atom is -0.464 e. The Morgan fingerprint density at radius 1 is 0.273 bits per heavy atom. The van der Waals surface area contributed by atoms with Crippen LogP contribution in [0.15, 0.2) is 288 Å². The maximum atomic E-state index is 6.41. The summed E-state index contributed by atoms with van der Waals surface area (Å²) in [7, 11) is 0. The molecule has 88 heavy (non-hydrogen) atoms. The topological polar surface area (TPSA) is 42.6 Å². The monoisotopic (exact) mass is 1120 g/mol. The number of hydrogen-bond donors (Lipinski definition) is 0. The molecule has 6 nitrogen and oxygen atoms in total. The van der Waals surface area contributed by atoms with Gasteiger partial charge in [0.2, 0.25) is 0 Å². The predicted octanol–water partition coefficient (Wildman–Crippen LogP) is 18.5. The normalized spacial score (nSPS) is 13.4. The Kier molecular flexibility index (Phi) is 9.12. The highest BCUT2D eigenvalue weighted by Crippen LogP contribution is 2.52. The zero-order chi connectivity index (χ0) is 57.0. The van der Waals surface area contributed by atoms with Crippen molar-refractivity contribution in [1.82, 2.24) is 8.96 Å². The van der Waals surface area contributed by atoms with E-state index in [4.69, 9.17) is 8.83 Å². The van der Waals surface area contributed by atoms with Crippen molar-refractivity contribution in [3.8, 4) is 22.3 Å². The van der Waals surface area contributed by atoms with Crippen molar-refractivity contribution >= 4 is 178 Å². The van der Waals surface area contributed by atoms with Gasteiger partial charge in [0, 0.05) is 88.3 Å². The molecule has 0 bridgehead atoms. The number of nitrogens with zero attached hydrogens (tertiary/aromatic N) is 4. The van der Waals surface area contributed by atoms with Gasteiger partial charge >= 0.3 is 13.7 Å². The van der Waals surface area contributed by atoms with Crippen LogP contribution in [0, 0.1) is 0 Å². The first-order valence-corrected chi connectivity index (χ1v) is 30.4. The SMILES string of the molecule is c1ccc2cc(N3c4ccc5ccccc5c4B4c5c(cc6ccoc6c53)-c3cccc5c6ccccc6n4c35)ccc2c1.c1ccc2cc(N3c4ccc5ccccc5c4B4c5c(cc6occc6c53)-c3cccc5c6ccccc6n4c35)ccc2c1.